The SMILES string of the molecule is CC(C)(CO)CCCc1cc(=O)cc(/C=C/c2cc(=O)cc(CCCC(C)(C)CO)o2)o1. The molecule has 0 unspecified atom stereocenters. The van der Waals surface area contributed by atoms with Crippen molar-refractivity contribution in [1.29, 1.82) is 0 Å². The molecule has 0 aliphatic rings. The van der Waals surface area contributed by atoms with Crippen LogP contribution in [0.2, 0.25) is 0 Å². The molecule has 6 heteroatoms. The second-order valence-corrected chi connectivity index (χ2v) is 10.0. The predicted octanol–water partition coefficient (Wildman–Crippen LogP) is 4.45. The monoisotopic (exact) mass is 444 g/mol. The molecule has 0 radical (unpaired) electrons. The molecule has 2 N–H and O–H groups in total. The van der Waals surface area contributed by atoms with E-state index in [1.165, 1.54) is 24.3 Å². The lowest BCUT2D eigenvalue weighted by molar-refractivity contribution is 0.147. The third-order valence-corrected chi connectivity index (χ3v) is 5.49. The Bertz CT molecular complexity index is 928. The van der Waals surface area contributed by atoms with E-state index in [0.29, 0.717) is 35.9 Å². The number of aliphatic hydroxyl groups excluding tert-OH is 2. The quantitative estimate of drug-likeness (QED) is 0.502. The smallest absolute Gasteiger partial charge is 0.185 e. The van der Waals surface area contributed by atoms with Gasteiger partial charge in [0.2, 0.25) is 0 Å². The van der Waals surface area contributed by atoms with Gasteiger partial charge in [0.1, 0.15) is 23.0 Å². The van der Waals surface area contributed by atoms with Crippen molar-refractivity contribution in [1.82, 2.24) is 0 Å². The summed E-state index contributed by atoms with van der Waals surface area (Å²) in [6, 6.07) is 5.77. The number of hydrogen-bond acceptors (Lipinski definition) is 6. The van der Waals surface area contributed by atoms with E-state index in [1.807, 2.05) is 27.7 Å². The Morgan fingerprint density at radius 2 is 1.09 bits per heavy atom. The van der Waals surface area contributed by atoms with Crippen molar-refractivity contribution in [2.45, 2.75) is 66.2 Å². The summed E-state index contributed by atoms with van der Waals surface area (Å²) in [5, 5.41) is 18.7. The van der Waals surface area contributed by atoms with Crippen LogP contribution in [0.5, 0.6) is 0 Å². The molecule has 0 fully saturated rings. The highest BCUT2D eigenvalue weighted by Gasteiger charge is 2.17. The Kier molecular flexibility index (Phi) is 9.22. The van der Waals surface area contributed by atoms with Crippen molar-refractivity contribution < 1.29 is 19.0 Å². The van der Waals surface area contributed by atoms with Gasteiger partial charge >= 0.3 is 0 Å². The first-order valence-electron chi connectivity index (χ1n) is 11.2. The average Bonchev–Trinajstić information content (AvgIpc) is 2.71. The highest BCUT2D eigenvalue weighted by molar-refractivity contribution is 5.64. The van der Waals surface area contributed by atoms with E-state index in [9.17, 15) is 19.8 Å². The summed E-state index contributed by atoms with van der Waals surface area (Å²) < 4.78 is 11.6. The Hall–Kier alpha value is -2.44. The minimum absolute atomic E-state index is 0.114. The van der Waals surface area contributed by atoms with Crippen molar-refractivity contribution in [2.24, 2.45) is 10.8 Å². The number of rotatable bonds is 12. The first-order chi connectivity index (χ1) is 15.0. The van der Waals surface area contributed by atoms with Gasteiger partial charge in [0.05, 0.1) is 0 Å². The van der Waals surface area contributed by atoms with Gasteiger partial charge in [-0.15, -0.1) is 0 Å². The Balaban J connectivity index is 2.07. The zero-order chi connectivity index (χ0) is 23.8. The van der Waals surface area contributed by atoms with Crippen LogP contribution in [0.15, 0.2) is 42.7 Å². The van der Waals surface area contributed by atoms with Crippen molar-refractivity contribution in [3.05, 3.63) is 67.8 Å². The van der Waals surface area contributed by atoms with Gasteiger partial charge in [-0.2, -0.15) is 0 Å². The molecule has 0 saturated carbocycles. The summed E-state index contributed by atoms with van der Waals surface area (Å²) in [5.74, 6) is 1.97. The molecule has 0 amide bonds. The maximum Gasteiger partial charge on any atom is 0.185 e. The molecule has 2 aromatic heterocycles. The third kappa shape index (κ3) is 8.97. The Labute approximate surface area is 189 Å². The number of hydrogen-bond donors (Lipinski definition) is 2. The maximum absolute atomic E-state index is 12.0. The normalized spacial score (nSPS) is 12.6. The van der Waals surface area contributed by atoms with Gasteiger partial charge in [0.15, 0.2) is 10.9 Å². The molecule has 6 nitrogen and oxygen atoms in total. The second kappa shape index (κ2) is 11.4. The van der Waals surface area contributed by atoms with Crippen LogP contribution in [0.25, 0.3) is 12.2 Å². The van der Waals surface area contributed by atoms with E-state index in [1.54, 1.807) is 12.2 Å². The van der Waals surface area contributed by atoms with Gasteiger partial charge < -0.3 is 19.0 Å². The Morgan fingerprint density at radius 3 is 1.44 bits per heavy atom. The Morgan fingerprint density at radius 1 is 0.719 bits per heavy atom. The summed E-state index contributed by atoms with van der Waals surface area (Å²) in [6.45, 7) is 8.22. The molecule has 0 atom stereocenters. The van der Waals surface area contributed by atoms with Crippen LogP contribution in [-0.2, 0) is 12.8 Å². The average molecular weight is 445 g/mol. The van der Waals surface area contributed by atoms with E-state index in [2.05, 4.69) is 0 Å². The van der Waals surface area contributed by atoms with Gasteiger partial charge in [0, 0.05) is 50.3 Å². The summed E-state index contributed by atoms with van der Waals surface area (Å²) in [7, 11) is 0. The molecule has 176 valence electrons. The van der Waals surface area contributed by atoms with Gasteiger partial charge in [-0.3, -0.25) is 9.59 Å². The van der Waals surface area contributed by atoms with Gasteiger partial charge in [-0.1, -0.05) is 27.7 Å². The van der Waals surface area contributed by atoms with E-state index < -0.39 is 0 Å². The fraction of sp³-hybridized carbons (Fsp3) is 0.538. The van der Waals surface area contributed by atoms with Crippen molar-refractivity contribution in [3.63, 3.8) is 0 Å². The van der Waals surface area contributed by atoms with E-state index in [0.717, 1.165) is 25.7 Å². The molecule has 2 rings (SSSR count). The summed E-state index contributed by atoms with van der Waals surface area (Å²) in [6.07, 6.45) is 7.70. The molecule has 0 saturated heterocycles. The molecular formula is C26H36O6. The summed E-state index contributed by atoms with van der Waals surface area (Å²) in [4.78, 5) is 24.1. The lowest BCUT2D eigenvalue weighted by Crippen LogP contribution is -2.16. The van der Waals surface area contributed by atoms with Gasteiger partial charge in [-0.05, 0) is 48.7 Å². The van der Waals surface area contributed by atoms with Crippen LogP contribution < -0.4 is 10.9 Å². The van der Waals surface area contributed by atoms with Gasteiger partial charge in [0.25, 0.3) is 0 Å². The molecule has 0 aromatic carbocycles. The highest BCUT2D eigenvalue weighted by atomic mass is 16.3. The zero-order valence-electron chi connectivity index (χ0n) is 19.6. The topological polar surface area (TPSA) is 101 Å². The molecule has 2 heterocycles. The number of aryl methyl sites for hydroxylation is 2. The standard InChI is InChI=1S/C26H36O6/c1-25(2,17-27)11-5-7-21-13-19(29)15-23(31-21)9-10-24-16-20(30)14-22(32-24)8-6-12-26(3,4)18-28/h9-10,13-16,27-28H,5-8,11-12,17-18H2,1-4H3/b10-9+. The largest absolute Gasteiger partial charge is 0.461 e. The van der Waals surface area contributed by atoms with Crippen LogP contribution >= 0.6 is 0 Å². The molecule has 0 spiro atoms. The molecule has 0 bridgehead atoms. The molecule has 0 aliphatic heterocycles. The van der Waals surface area contributed by atoms with Crippen molar-refractivity contribution in [3.8, 4) is 0 Å². The summed E-state index contributed by atoms with van der Waals surface area (Å²) >= 11 is 0. The first kappa shape index (κ1) is 25.8. The second-order valence-electron chi connectivity index (χ2n) is 10.0. The highest BCUT2D eigenvalue weighted by Crippen LogP contribution is 2.23. The molecular weight excluding hydrogens is 408 g/mol. The predicted molar refractivity (Wildman–Crippen MR) is 126 cm³/mol. The number of aliphatic hydroxyl groups is 2. The lowest BCUT2D eigenvalue weighted by atomic mass is 9.88. The first-order valence-corrected chi connectivity index (χ1v) is 11.2. The van der Waals surface area contributed by atoms with Crippen molar-refractivity contribution in [2.75, 3.05) is 13.2 Å². The van der Waals surface area contributed by atoms with Crippen LogP contribution in [0.1, 0.15) is 76.4 Å². The van der Waals surface area contributed by atoms with Crippen LogP contribution in [0.3, 0.4) is 0 Å². The third-order valence-electron chi connectivity index (χ3n) is 5.49. The van der Waals surface area contributed by atoms with Gasteiger partial charge in [-0.25, -0.2) is 0 Å². The lowest BCUT2D eigenvalue weighted by Gasteiger charge is -2.20. The fourth-order valence-electron chi connectivity index (χ4n) is 3.32. The van der Waals surface area contributed by atoms with Crippen LogP contribution in [0.4, 0.5) is 0 Å². The maximum atomic E-state index is 12.0. The zero-order valence-corrected chi connectivity index (χ0v) is 19.6. The van der Waals surface area contributed by atoms with Crippen molar-refractivity contribution >= 4 is 12.2 Å². The fourth-order valence-corrected chi connectivity index (χ4v) is 3.32. The minimum atomic E-state index is -0.159. The van der Waals surface area contributed by atoms with Crippen LogP contribution in [-0.4, -0.2) is 23.4 Å². The van der Waals surface area contributed by atoms with E-state index in [4.69, 9.17) is 8.83 Å². The van der Waals surface area contributed by atoms with E-state index >= 15 is 0 Å². The minimum Gasteiger partial charge on any atom is -0.461 e. The van der Waals surface area contributed by atoms with E-state index in [-0.39, 0.29) is 34.9 Å². The summed E-state index contributed by atoms with van der Waals surface area (Å²) in [5.41, 5.74) is -0.606. The molecule has 0 aliphatic carbocycles. The molecule has 32 heavy (non-hydrogen) atoms. The molecule has 2 aromatic rings. The van der Waals surface area contributed by atoms with Crippen LogP contribution in [0, 0.1) is 10.8 Å².